The smallest absolute Gasteiger partial charge is 0.163 e. The minimum absolute atomic E-state index is 0.313. The van der Waals surface area contributed by atoms with Gasteiger partial charge in [0, 0.05) is 6.61 Å². The van der Waals surface area contributed by atoms with Crippen molar-refractivity contribution in [3.8, 4) is 0 Å². The highest BCUT2D eigenvalue weighted by atomic mass is 16.5. The summed E-state index contributed by atoms with van der Waals surface area (Å²) in [5.74, 6) is 0. The molecule has 0 spiro atoms. The zero-order valence-corrected chi connectivity index (χ0v) is 9.26. The summed E-state index contributed by atoms with van der Waals surface area (Å²) in [4.78, 5) is 12.8. The van der Waals surface area contributed by atoms with Crippen molar-refractivity contribution in [1.82, 2.24) is 19.5 Å². The Balaban J connectivity index is 1.94. The largest absolute Gasteiger partial charge is 0.376 e. The summed E-state index contributed by atoms with van der Waals surface area (Å²) in [7, 11) is 0. The van der Waals surface area contributed by atoms with Crippen LogP contribution < -0.4 is 0 Å². The molecule has 2 aromatic heterocycles. The molecule has 84 valence electrons. The van der Waals surface area contributed by atoms with Crippen LogP contribution in [0.2, 0.25) is 0 Å². The van der Waals surface area contributed by atoms with E-state index in [0.29, 0.717) is 6.10 Å². The summed E-state index contributed by atoms with van der Waals surface area (Å²) in [5, 5.41) is 0. The van der Waals surface area contributed by atoms with Gasteiger partial charge in [-0.25, -0.2) is 15.0 Å². The molecule has 1 fully saturated rings. The first-order valence-electron chi connectivity index (χ1n) is 5.58. The molecule has 0 amide bonds. The van der Waals surface area contributed by atoms with Crippen LogP contribution in [0.25, 0.3) is 11.2 Å². The van der Waals surface area contributed by atoms with E-state index < -0.39 is 0 Å². The van der Waals surface area contributed by atoms with Crippen molar-refractivity contribution in [2.45, 2.75) is 32.4 Å². The lowest BCUT2D eigenvalue weighted by Crippen LogP contribution is -2.14. The Labute approximate surface area is 93.5 Å². The number of nitrogens with zero attached hydrogens (tertiary/aromatic N) is 4. The molecule has 1 aliphatic rings. The fourth-order valence-electron chi connectivity index (χ4n) is 2.14. The minimum atomic E-state index is 0.313. The van der Waals surface area contributed by atoms with Gasteiger partial charge in [0.2, 0.25) is 0 Å². The molecule has 1 saturated heterocycles. The van der Waals surface area contributed by atoms with E-state index in [0.717, 1.165) is 42.9 Å². The minimum Gasteiger partial charge on any atom is -0.376 e. The van der Waals surface area contributed by atoms with Crippen LogP contribution in [0.15, 0.2) is 12.7 Å². The quantitative estimate of drug-likeness (QED) is 0.762. The van der Waals surface area contributed by atoms with Gasteiger partial charge in [0.05, 0.1) is 24.7 Å². The molecule has 0 unspecified atom stereocenters. The predicted molar refractivity (Wildman–Crippen MR) is 59.0 cm³/mol. The average molecular weight is 218 g/mol. The molecule has 0 bridgehead atoms. The van der Waals surface area contributed by atoms with Crippen LogP contribution in [-0.2, 0) is 11.3 Å². The number of imidazole rings is 1. The molecule has 16 heavy (non-hydrogen) atoms. The Morgan fingerprint density at radius 1 is 1.44 bits per heavy atom. The van der Waals surface area contributed by atoms with Gasteiger partial charge in [-0.15, -0.1) is 0 Å². The van der Waals surface area contributed by atoms with Gasteiger partial charge in [0.1, 0.15) is 11.8 Å². The van der Waals surface area contributed by atoms with Gasteiger partial charge in [-0.05, 0) is 19.8 Å². The first kappa shape index (κ1) is 9.72. The van der Waals surface area contributed by atoms with Crippen LogP contribution >= 0.6 is 0 Å². The number of aryl methyl sites for hydroxylation is 1. The number of ether oxygens (including phenoxy) is 1. The molecule has 2 aromatic rings. The Morgan fingerprint density at radius 3 is 3.19 bits per heavy atom. The maximum Gasteiger partial charge on any atom is 0.163 e. The fourth-order valence-corrected chi connectivity index (χ4v) is 2.14. The van der Waals surface area contributed by atoms with E-state index in [-0.39, 0.29) is 0 Å². The van der Waals surface area contributed by atoms with Crippen LogP contribution in [-0.4, -0.2) is 32.2 Å². The number of fused-ring (bicyclic) bond motifs is 1. The number of aromatic nitrogens is 4. The first-order chi connectivity index (χ1) is 7.84. The van der Waals surface area contributed by atoms with Gasteiger partial charge < -0.3 is 9.30 Å². The molecule has 1 atom stereocenters. The van der Waals surface area contributed by atoms with E-state index in [2.05, 4.69) is 19.5 Å². The molecule has 0 aromatic carbocycles. The second kappa shape index (κ2) is 3.83. The summed E-state index contributed by atoms with van der Waals surface area (Å²) in [5.41, 5.74) is 2.72. The molecule has 5 heteroatoms. The Kier molecular flexibility index (Phi) is 2.32. The molecule has 0 N–H and O–H groups in total. The summed E-state index contributed by atoms with van der Waals surface area (Å²) in [6.45, 7) is 3.67. The van der Waals surface area contributed by atoms with E-state index in [1.807, 2.05) is 13.3 Å². The highest BCUT2D eigenvalue weighted by molar-refractivity contribution is 5.72. The normalized spacial score (nSPS) is 20.7. The standard InChI is InChI=1S/C11H14N4O/c1-8-10-11(13-6-12-8)15(7-14-10)5-9-3-2-4-16-9/h6-7,9H,2-5H2,1H3/t9-/m1/s1. The summed E-state index contributed by atoms with van der Waals surface area (Å²) < 4.78 is 7.67. The van der Waals surface area contributed by atoms with Crippen molar-refractivity contribution < 1.29 is 4.74 Å². The second-order valence-electron chi connectivity index (χ2n) is 4.16. The highest BCUT2D eigenvalue weighted by Crippen LogP contribution is 2.17. The number of hydrogen-bond acceptors (Lipinski definition) is 4. The molecule has 3 rings (SSSR count). The van der Waals surface area contributed by atoms with Crippen LogP contribution in [0.1, 0.15) is 18.5 Å². The molecule has 3 heterocycles. The van der Waals surface area contributed by atoms with Gasteiger partial charge in [-0.3, -0.25) is 0 Å². The molecule has 1 aliphatic heterocycles. The van der Waals surface area contributed by atoms with Crippen LogP contribution in [0.4, 0.5) is 0 Å². The third-order valence-corrected chi connectivity index (χ3v) is 3.01. The average Bonchev–Trinajstić information content (AvgIpc) is 2.90. The highest BCUT2D eigenvalue weighted by Gasteiger charge is 2.17. The van der Waals surface area contributed by atoms with Crippen molar-refractivity contribution in [2.75, 3.05) is 6.61 Å². The van der Waals surface area contributed by atoms with E-state index in [4.69, 9.17) is 4.74 Å². The van der Waals surface area contributed by atoms with E-state index in [1.165, 1.54) is 0 Å². The van der Waals surface area contributed by atoms with Crippen LogP contribution in [0, 0.1) is 6.92 Å². The van der Waals surface area contributed by atoms with Crippen LogP contribution in [0.5, 0.6) is 0 Å². The molecule has 0 aliphatic carbocycles. The molecule has 5 nitrogen and oxygen atoms in total. The SMILES string of the molecule is Cc1ncnc2c1ncn2C[C@H]1CCCO1. The summed E-state index contributed by atoms with van der Waals surface area (Å²) in [6.07, 6.45) is 6.02. The summed E-state index contributed by atoms with van der Waals surface area (Å²) in [6, 6.07) is 0. The van der Waals surface area contributed by atoms with Crippen molar-refractivity contribution in [1.29, 1.82) is 0 Å². The van der Waals surface area contributed by atoms with Gasteiger partial charge in [0.15, 0.2) is 5.65 Å². The van der Waals surface area contributed by atoms with Crippen molar-refractivity contribution >= 4 is 11.2 Å². The first-order valence-corrected chi connectivity index (χ1v) is 5.58. The van der Waals surface area contributed by atoms with E-state index >= 15 is 0 Å². The molecule has 0 saturated carbocycles. The van der Waals surface area contributed by atoms with Gasteiger partial charge >= 0.3 is 0 Å². The summed E-state index contributed by atoms with van der Waals surface area (Å²) >= 11 is 0. The topological polar surface area (TPSA) is 52.8 Å². The fraction of sp³-hybridized carbons (Fsp3) is 0.545. The molecule has 0 radical (unpaired) electrons. The van der Waals surface area contributed by atoms with Crippen molar-refractivity contribution in [2.24, 2.45) is 0 Å². The number of rotatable bonds is 2. The maximum atomic E-state index is 5.61. The Hall–Kier alpha value is -1.49. The zero-order chi connectivity index (χ0) is 11.0. The monoisotopic (exact) mass is 218 g/mol. The molecular weight excluding hydrogens is 204 g/mol. The Bertz CT molecular complexity index is 502. The van der Waals surface area contributed by atoms with Gasteiger partial charge in [-0.1, -0.05) is 0 Å². The third-order valence-electron chi connectivity index (χ3n) is 3.01. The Morgan fingerprint density at radius 2 is 2.38 bits per heavy atom. The lowest BCUT2D eigenvalue weighted by molar-refractivity contribution is 0.0978. The van der Waals surface area contributed by atoms with Gasteiger partial charge in [0.25, 0.3) is 0 Å². The van der Waals surface area contributed by atoms with Gasteiger partial charge in [-0.2, -0.15) is 0 Å². The van der Waals surface area contributed by atoms with Crippen LogP contribution in [0.3, 0.4) is 0 Å². The number of hydrogen-bond donors (Lipinski definition) is 0. The zero-order valence-electron chi connectivity index (χ0n) is 9.26. The van der Waals surface area contributed by atoms with Crippen molar-refractivity contribution in [3.63, 3.8) is 0 Å². The molecular formula is C11H14N4O. The maximum absolute atomic E-state index is 5.61. The third kappa shape index (κ3) is 1.57. The van der Waals surface area contributed by atoms with E-state index in [9.17, 15) is 0 Å². The van der Waals surface area contributed by atoms with E-state index in [1.54, 1.807) is 6.33 Å². The predicted octanol–water partition coefficient (Wildman–Crippen LogP) is 1.31. The van der Waals surface area contributed by atoms with Crippen molar-refractivity contribution in [3.05, 3.63) is 18.3 Å². The second-order valence-corrected chi connectivity index (χ2v) is 4.16. The lowest BCUT2D eigenvalue weighted by Gasteiger charge is -2.10. The lowest BCUT2D eigenvalue weighted by atomic mass is 10.2.